The van der Waals surface area contributed by atoms with E-state index in [1.807, 2.05) is 13.0 Å². The fourth-order valence-corrected chi connectivity index (χ4v) is 3.60. The molecule has 1 aromatic heterocycles. The van der Waals surface area contributed by atoms with Crippen LogP contribution in [0.3, 0.4) is 0 Å². The second kappa shape index (κ2) is 13.0. The molecule has 1 heterocycles. The molecule has 0 aliphatic heterocycles. The summed E-state index contributed by atoms with van der Waals surface area (Å²) in [6, 6.07) is 6.67. The van der Waals surface area contributed by atoms with E-state index in [-0.39, 0.29) is 17.9 Å². The number of pyridine rings is 1. The van der Waals surface area contributed by atoms with Crippen molar-refractivity contribution in [2.24, 2.45) is 0 Å². The van der Waals surface area contributed by atoms with E-state index in [1.165, 1.54) is 0 Å². The summed E-state index contributed by atoms with van der Waals surface area (Å²) in [5.74, 6) is -1.96. The van der Waals surface area contributed by atoms with E-state index in [4.69, 9.17) is 0 Å². The number of nitrogens with zero attached hydrogens (tertiary/aromatic N) is 1. The topological polar surface area (TPSA) is 83.1 Å². The molecular formula is C25H34F2N4O2. The predicted molar refractivity (Wildman–Crippen MR) is 126 cm³/mol. The molecule has 8 heteroatoms. The van der Waals surface area contributed by atoms with Crippen molar-refractivity contribution in [1.82, 2.24) is 15.6 Å². The molecule has 1 aromatic carbocycles. The molecule has 0 aliphatic carbocycles. The second-order valence-electron chi connectivity index (χ2n) is 8.67. The molecular weight excluding hydrogens is 426 g/mol. The third-order valence-electron chi connectivity index (χ3n) is 5.08. The van der Waals surface area contributed by atoms with Crippen molar-refractivity contribution in [3.63, 3.8) is 0 Å². The van der Waals surface area contributed by atoms with Crippen LogP contribution in [0.2, 0.25) is 0 Å². The minimum Gasteiger partial charge on any atom is -0.344 e. The number of aromatic nitrogens is 1. The van der Waals surface area contributed by atoms with Crippen molar-refractivity contribution < 1.29 is 18.4 Å². The fraction of sp³-hybridized carbons (Fsp3) is 0.480. The quantitative estimate of drug-likeness (QED) is 0.445. The van der Waals surface area contributed by atoms with Crippen molar-refractivity contribution >= 4 is 17.6 Å². The molecule has 6 nitrogen and oxygen atoms in total. The summed E-state index contributed by atoms with van der Waals surface area (Å²) in [7, 11) is 0. The van der Waals surface area contributed by atoms with Gasteiger partial charge in [0, 0.05) is 24.3 Å². The van der Waals surface area contributed by atoms with Crippen molar-refractivity contribution in [2.45, 2.75) is 77.9 Å². The number of hydrogen-bond donors (Lipinski definition) is 3. The van der Waals surface area contributed by atoms with Gasteiger partial charge in [0.05, 0.1) is 6.42 Å². The van der Waals surface area contributed by atoms with Gasteiger partial charge in [-0.1, -0.05) is 33.3 Å². The zero-order valence-corrected chi connectivity index (χ0v) is 19.8. The molecule has 3 N–H and O–H groups in total. The van der Waals surface area contributed by atoms with Gasteiger partial charge in [-0.2, -0.15) is 0 Å². The van der Waals surface area contributed by atoms with Gasteiger partial charge in [0.25, 0.3) is 0 Å². The zero-order chi connectivity index (χ0) is 24.4. The molecule has 0 saturated carbocycles. The number of carbonyl (C=O) groups is 2. The minimum absolute atomic E-state index is 0.204. The Labute approximate surface area is 194 Å². The first-order valence-electron chi connectivity index (χ1n) is 11.4. The third kappa shape index (κ3) is 9.65. The van der Waals surface area contributed by atoms with Crippen molar-refractivity contribution in [3.8, 4) is 0 Å². The molecule has 0 bridgehead atoms. The number of rotatable bonds is 12. The van der Waals surface area contributed by atoms with Crippen LogP contribution in [0.1, 0.15) is 58.1 Å². The summed E-state index contributed by atoms with van der Waals surface area (Å²) < 4.78 is 26.7. The van der Waals surface area contributed by atoms with Crippen molar-refractivity contribution in [2.75, 3.05) is 5.32 Å². The highest BCUT2D eigenvalue weighted by Gasteiger charge is 2.21. The smallest absolute Gasteiger partial charge is 0.248 e. The highest BCUT2D eigenvalue weighted by atomic mass is 19.1. The van der Waals surface area contributed by atoms with Gasteiger partial charge in [-0.05, 0) is 55.5 Å². The first kappa shape index (κ1) is 26.4. The monoisotopic (exact) mass is 460 g/mol. The number of anilines is 1. The Hall–Kier alpha value is -2.87. The highest BCUT2D eigenvalue weighted by molar-refractivity contribution is 5.96. The van der Waals surface area contributed by atoms with Crippen LogP contribution in [0, 0.1) is 11.6 Å². The van der Waals surface area contributed by atoms with Crippen LogP contribution in [-0.2, 0) is 22.4 Å². The molecule has 33 heavy (non-hydrogen) atoms. The lowest BCUT2D eigenvalue weighted by Gasteiger charge is -2.18. The van der Waals surface area contributed by atoms with E-state index in [9.17, 15) is 18.4 Å². The summed E-state index contributed by atoms with van der Waals surface area (Å²) in [6.07, 6.45) is 4.46. The number of halogens is 2. The van der Waals surface area contributed by atoms with E-state index in [1.54, 1.807) is 12.3 Å². The Morgan fingerprint density at radius 1 is 1.00 bits per heavy atom. The van der Waals surface area contributed by atoms with Gasteiger partial charge in [0.1, 0.15) is 23.5 Å². The third-order valence-corrected chi connectivity index (χ3v) is 5.08. The van der Waals surface area contributed by atoms with E-state index >= 15 is 0 Å². The molecule has 2 atom stereocenters. The second-order valence-corrected chi connectivity index (χ2v) is 8.67. The lowest BCUT2D eigenvalue weighted by atomic mass is 10.1. The normalized spacial score (nSPS) is 12.9. The number of hydrogen-bond acceptors (Lipinski definition) is 4. The molecule has 2 unspecified atom stereocenters. The lowest BCUT2D eigenvalue weighted by Crippen LogP contribution is -2.44. The summed E-state index contributed by atoms with van der Waals surface area (Å²) in [6.45, 7) is 8.28. The Morgan fingerprint density at radius 2 is 1.70 bits per heavy atom. The standard InChI is InChI=1S/C25H34F2N4O2/c1-5-6-22(30-24(32)13-19-11-20(26)14-21(27)12-19)25(33)31-23-10-9-18(15-28-23)8-7-17(4)29-16(2)3/h9-12,14-17,22,29H,5-8,13H2,1-4H3,(H,30,32)(H,28,31,33). The zero-order valence-electron chi connectivity index (χ0n) is 19.8. The van der Waals surface area contributed by atoms with Gasteiger partial charge < -0.3 is 16.0 Å². The first-order valence-corrected chi connectivity index (χ1v) is 11.4. The Kier molecular flexibility index (Phi) is 10.4. The van der Waals surface area contributed by atoms with Crippen molar-refractivity contribution in [1.29, 1.82) is 0 Å². The van der Waals surface area contributed by atoms with E-state index in [0.717, 1.165) is 36.6 Å². The average Bonchev–Trinajstić information content (AvgIpc) is 2.71. The van der Waals surface area contributed by atoms with Gasteiger partial charge >= 0.3 is 0 Å². The maximum Gasteiger partial charge on any atom is 0.248 e. The number of nitrogens with one attached hydrogen (secondary N) is 3. The maximum absolute atomic E-state index is 13.4. The summed E-state index contributed by atoms with van der Waals surface area (Å²) in [5, 5.41) is 8.85. The summed E-state index contributed by atoms with van der Waals surface area (Å²) in [5.41, 5.74) is 1.28. The Bertz CT molecular complexity index is 899. The largest absolute Gasteiger partial charge is 0.344 e. The Balaban J connectivity index is 1.91. The van der Waals surface area contributed by atoms with Crippen LogP contribution < -0.4 is 16.0 Å². The molecule has 0 radical (unpaired) electrons. The molecule has 2 aromatic rings. The minimum atomic E-state index is -0.773. The molecule has 0 saturated heterocycles. The van der Waals surface area contributed by atoms with Crippen LogP contribution in [0.25, 0.3) is 0 Å². The van der Waals surface area contributed by atoms with Crippen LogP contribution in [0.5, 0.6) is 0 Å². The van der Waals surface area contributed by atoms with Crippen LogP contribution in [-0.4, -0.2) is 34.9 Å². The van der Waals surface area contributed by atoms with Gasteiger partial charge in [0.2, 0.25) is 11.8 Å². The first-order chi connectivity index (χ1) is 15.7. The number of aryl methyl sites for hydroxylation is 1. The molecule has 2 amide bonds. The Morgan fingerprint density at radius 3 is 2.27 bits per heavy atom. The van der Waals surface area contributed by atoms with Gasteiger partial charge in [-0.25, -0.2) is 13.8 Å². The molecule has 180 valence electrons. The summed E-state index contributed by atoms with van der Waals surface area (Å²) >= 11 is 0. The number of amides is 2. The number of benzene rings is 1. The number of carbonyl (C=O) groups excluding carboxylic acids is 2. The SMILES string of the molecule is CCCC(NC(=O)Cc1cc(F)cc(F)c1)C(=O)Nc1ccc(CCC(C)NC(C)C)cn1. The van der Waals surface area contributed by atoms with Crippen LogP contribution in [0.15, 0.2) is 36.5 Å². The highest BCUT2D eigenvalue weighted by Crippen LogP contribution is 2.11. The summed E-state index contributed by atoms with van der Waals surface area (Å²) in [4.78, 5) is 29.4. The molecule has 0 aliphatic rings. The van der Waals surface area contributed by atoms with Crippen LogP contribution in [0.4, 0.5) is 14.6 Å². The van der Waals surface area contributed by atoms with Gasteiger partial charge in [0.15, 0.2) is 0 Å². The van der Waals surface area contributed by atoms with Crippen LogP contribution >= 0.6 is 0 Å². The molecule has 2 rings (SSSR count). The lowest BCUT2D eigenvalue weighted by molar-refractivity contribution is -0.126. The van der Waals surface area contributed by atoms with E-state index in [2.05, 4.69) is 41.7 Å². The average molecular weight is 461 g/mol. The maximum atomic E-state index is 13.4. The predicted octanol–water partition coefficient (Wildman–Crippen LogP) is 4.15. The van der Waals surface area contributed by atoms with Gasteiger partial charge in [-0.15, -0.1) is 0 Å². The fourth-order valence-electron chi connectivity index (χ4n) is 3.60. The molecule has 0 spiro atoms. The van der Waals surface area contributed by atoms with E-state index < -0.39 is 23.6 Å². The van der Waals surface area contributed by atoms with Crippen molar-refractivity contribution in [3.05, 3.63) is 59.3 Å². The van der Waals surface area contributed by atoms with Gasteiger partial charge in [-0.3, -0.25) is 9.59 Å². The van der Waals surface area contributed by atoms with E-state index in [0.29, 0.717) is 30.7 Å². The molecule has 0 fully saturated rings.